The number of aromatic nitrogens is 6. The Labute approximate surface area is 405 Å². The minimum atomic E-state index is -0.657. The minimum absolute atomic E-state index is 0.117. The molecule has 0 fully saturated rings. The highest BCUT2D eigenvalue weighted by atomic mass is 19.1. The number of benzene rings is 10. The second kappa shape index (κ2) is 16.0. The summed E-state index contributed by atoms with van der Waals surface area (Å²) in [7, 11) is 0. The fraction of sp³-hybridized carbons (Fsp3) is 0. The molecule has 0 bridgehead atoms. The third kappa shape index (κ3) is 6.42. The van der Waals surface area contributed by atoms with Crippen molar-refractivity contribution in [3.63, 3.8) is 0 Å². The molecule has 0 aliphatic carbocycles. The summed E-state index contributed by atoms with van der Waals surface area (Å²) in [5, 5.41) is 6.65. The molecule has 0 atom stereocenters. The van der Waals surface area contributed by atoms with Gasteiger partial charge in [-0.15, -0.1) is 0 Å². The maximum absolute atomic E-state index is 15.9. The predicted octanol–water partition coefficient (Wildman–Crippen LogP) is 16.1. The number of rotatable bonds is 7. The van der Waals surface area contributed by atoms with Gasteiger partial charge in [0, 0.05) is 60.4 Å². The standard InChI is InChI=1S/C63H38F2N6/c64-51-24-15-25-52(65)60(51)41-30-33-48(63-67-61(39-16-3-1-4-17-39)66-62(68-63)40-18-5-2-6-19-40)59(36-41)71-57-34-31-42(69-53-26-11-7-20-44(53)45-21-8-12-27-54(45)69)37-49(57)50-38-43(32-35-58(50)71)70-55-28-13-9-22-46(55)47-23-10-14-29-56(47)70/h1-38H. The number of para-hydroxylation sites is 4. The highest BCUT2D eigenvalue weighted by Crippen LogP contribution is 2.43. The summed E-state index contributed by atoms with van der Waals surface area (Å²) >= 11 is 0. The highest BCUT2D eigenvalue weighted by molar-refractivity contribution is 6.14. The van der Waals surface area contributed by atoms with E-state index in [1.807, 2.05) is 72.8 Å². The molecule has 6 nitrogen and oxygen atoms in total. The van der Waals surface area contributed by atoms with Crippen LogP contribution in [-0.4, -0.2) is 28.7 Å². The molecule has 10 aromatic carbocycles. The molecule has 0 N–H and O–H groups in total. The average Bonchev–Trinajstić information content (AvgIpc) is 4.06. The molecule has 0 amide bonds. The molecule has 0 radical (unpaired) electrons. The van der Waals surface area contributed by atoms with Crippen molar-refractivity contribution in [1.29, 1.82) is 0 Å². The normalized spacial score (nSPS) is 11.8. The highest BCUT2D eigenvalue weighted by Gasteiger charge is 2.24. The van der Waals surface area contributed by atoms with Crippen LogP contribution in [0.1, 0.15) is 0 Å². The molecule has 4 heterocycles. The van der Waals surface area contributed by atoms with E-state index in [2.05, 4.69) is 147 Å². The van der Waals surface area contributed by atoms with Gasteiger partial charge in [-0.2, -0.15) is 0 Å². The molecule has 71 heavy (non-hydrogen) atoms. The van der Waals surface area contributed by atoms with Crippen molar-refractivity contribution < 1.29 is 8.78 Å². The summed E-state index contributed by atoms with van der Waals surface area (Å²) in [5.41, 5.74) is 11.4. The third-order valence-corrected chi connectivity index (χ3v) is 13.8. The minimum Gasteiger partial charge on any atom is -0.309 e. The Morgan fingerprint density at radius 3 is 1.13 bits per heavy atom. The van der Waals surface area contributed by atoms with Gasteiger partial charge in [0.2, 0.25) is 0 Å². The average molecular weight is 917 g/mol. The van der Waals surface area contributed by atoms with E-state index >= 15 is 8.78 Å². The quantitative estimate of drug-likeness (QED) is 0.160. The number of nitrogens with zero attached hydrogens (tertiary/aromatic N) is 6. The molecule has 14 aromatic rings. The van der Waals surface area contributed by atoms with E-state index in [1.165, 1.54) is 39.7 Å². The van der Waals surface area contributed by atoms with Crippen LogP contribution in [0, 0.1) is 11.6 Å². The first-order chi connectivity index (χ1) is 35.1. The maximum Gasteiger partial charge on any atom is 0.166 e. The van der Waals surface area contributed by atoms with Gasteiger partial charge < -0.3 is 13.7 Å². The Kier molecular flexibility index (Phi) is 9.16. The zero-order valence-corrected chi connectivity index (χ0v) is 37.9. The van der Waals surface area contributed by atoms with E-state index < -0.39 is 11.6 Å². The molecular formula is C63H38F2N6. The molecular weight excluding hydrogens is 879 g/mol. The second-order valence-electron chi connectivity index (χ2n) is 17.8. The monoisotopic (exact) mass is 916 g/mol. The first-order valence-corrected chi connectivity index (χ1v) is 23.6. The summed E-state index contributed by atoms with van der Waals surface area (Å²) in [6.45, 7) is 0. The summed E-state index contributed by atoms with van der Waals surface area (Å²) < 4.78 is 38.7. The topological polar surface area (TPSA) is 53.5 Å². The number of hydrogen-bond acceptors (Lipinski definition) is 3. The molecule has 0 spiro atoms. The Balaban J connectivity index is 1.10. The Morgan fingerprint density at radius 2 is 0.676 bits per heavy atom. The van der Waals surface area contributed by atoms with Gasteiger partial charge in [-0.1, -0.05) is 146 Å². The molecule has 0 aliphatic heterocycles. The van der Waals surface area contributed by atoms with E-state index in [0.717, 1.165) is 66.4 Å². The van der Waals surface area contributed by atoms with Gasteiger partial charge in [0.15, 0.2) is 17.5 Å². The van der Waals surface area contributed by atoms with Crippen LogP contribution in [0.3, 0.4) is 0 Å². The van der Waals surface area contributed by atoms with Crippen LogP contribution >= 0.6 is 0 Å². The van der Waals surface area contributed by atoms with Crippen LogP contribution in [0.5, 0.6) is 0 Å². The van der Waals surface area contributed by atoms with Gasteiger partial charge >= 0.3 is 0 Å². The number of halogens is 2. The molecule has 0 aliphatic rings. The first kappa shape index (κ1) is 40.5. The smallest absolute Gasteiger partial charge is 0.166 e. The predicted molar refractivity (Wildman–Crippen MR) is 285 cm³/mol. The fourth-order valence-electron chi connectivity index (χ4n) is 10.7. The Hall–Kier alpha value is -9.53. The van der Waals surface area contributed by atoms with Crippen LogP contribution in [-0.2, 0) is 0 Å². The summed E-state index contributed by atoms with van der Waals surface area (Å²) in [6, 6.07) is 76.4. The van der Waals surface area contributed by atoms with Crippen molar-refractivity contribution in [3.8, 4) is 62.4 Å². The lowest BCUT2D eigenvalue weighted by molar-refractivity contribution is 0.589. The molecule has 0 unspecified atom stereocenters. The van der Waals surface area contributed by atoms with E-state index in [4.69, 9.17) is 15.0 Å². The van der Waals surface area contributed by atoms with Gasteiger partial charge in [0.1, 0.15) is 11.6 Å². The summed E-state index contributed by atoms with van der Waals surface area (Å²) in [4.78, 5) is 15.4. The van der Waals surface area contributed by atoms with E-state index in [0.29, 0.717) is 34.3 Å². The van der Waals surface area contributed by atoms with Crippen LogP contribution in [0.4, 0.5) is 8.78 Å². The second-order valence-corrected chi connectivity index (χ2v) is 17.8. The lowest BCUT2D eigenvalue weighted by Crippen LogP contribution is -2.04. The number of hydrogen-bond donors (Lipinski definition) is 0. The lowest BCUT2D eigenvalue weighted by Gasteiger charge is -2.17. The molecule has 334 valence electrons. The van der Waals surface area contributed by atoms with Crippen molar-refractivity contribution in [3.05, 3.63) is 242 Å². The van der Waals surface area contributed by atoms with Crippen molar-refractivity contribution in [1.82, 2.24) is 28.7 Å². The van der Waals surface area contributed by atoms with Gasteiger partial charge in [-0.3, -0.25) is 0 Å². The molecule has 0 saturated heterocycles. The fourth-order valence-corrected chi connectivity index (χ4v) is 10.7. The van der Waals surface area contributed by atoms with Crippen molar-refractivity contribution in [2.24, 2.45) is 0 Å². The number of fused-ring (bicyclic) bond motifs is 9. The molecule has 4 aromatic heterocycles. The van der Waals surface area contributed by atoms with E-state index in [-0.39, 0.29) is 5.56 Å². The zero-order chi connectivity index (χ0) is 47.2. The first-order valence-electron chi connectivity index (χ1n) is 23.6. The van der Waals surface area contributed by atoms with Crippen LogP contribution < -0.4 is 0 Å². The van der Waals surface area contributed by atoms with Gasteiger partial charge in [-0.05, 0) is 90.5 Å². The zero-order valence-electron chi connectivity index (χ0n) is 37.9. The van der Waals surface area contributed by atoms with Gasteiger partial charge in [-0.25, -0.2) is 23.7 Å². The van der Waals surface area contributed by atoms with Gasteiger partial charge in [0.05, 0.1) is 44.4 Å². The molecule has 8 heteroatoms. The van der Waals surface area contributed by atoms with Crippen LogP contribution in [0.2, 0.25) is 0 Å². The van der Waals surface area contributed by atoms with E-state index in [9.17, 15) is 0 Å². The van der Waals surface area contributed by atoms with Crippen LogP contribution in [0.25, 0.3) is 128 Å². The third-order valence-electron chi connectivity index (χ3n) is 13.8. The van der Waals surface area contributed by atoms with E-state index in [1.54, 1.807) is 6.07 Å². The SMILES string of the molecule is Fc1cccc(F)c1-c1ccc(-c2nc(-c3ccccc3)nc(-c3ccccc3)n2)c(-n2c3ccc(-n4c5ccccc5c5ccccc54)cc3c3cc(-n4c5ccccc5c5ccccc54)ccc32)c1. The van der Waals surface area contributed by atoms with Gasteiger partial charge in [0.25, 0.3) is 0 Å². The van der Waals surface area contributed by atoms with Crippen LogP contribution in [0.15, 0.2) is 231 Å². The lowest BCUT2D eigenvalue weighted by atomic mass is 10.00. The maximum atomic E-state index is 15.9. The summed E-state index contributed by atoms with van der Waals surface area (Å²) in [5.74, 6) is 0.0925. The van der Waals surface area contributed by atoms with Crippen molar-refractivity contribution in [2.45, 2.75) is 0 Å². The van der Waals surface area contributed by atoms with Crippen molar-refractivity contribution in [2.75, 3.05) is 0 Å². The largest absolute Gasteiger partial charge is 0.309 e. The summed E-state index contributed by atoms with van der Waals surface area (Å²) in [6.07, 6.45) is 0. The molecule has 0 saturated carbocycles. The molecule has 14 rings (SSSR count). The Morgan fingerprint density at radius 1 is 0.282 bits per heavy atom. The van der Waals surface area contributed by atoms with Crippen molar-refractivity contribution >= 4 is 65.4 Å². The Bertz CT molecular complexity index is 4080.